The van der Waals surface area contributed by atoms with Gasteiger partial charge in [-0.05, 0) is 13.3 Å². The monoisotopic (exact) mass is 270 g/mol. The highest BCUT2D eigenvalue weighted by molar-refractivity contribution is 5.94. The van der Waals surface area contributed by atoms with Crippen LogP contribution in [0.3, 0.4) is 0 Å². The summed E-state index contributed by atoms with van der Waals surface area (Å²) in [5.41, 5.74) is 0. The summed E-state index contributed by atoms with van der Waals surface area (Å²) < 4.78 is 10.1. The molecule has 0 N–H and O–H groups in total. The fourth-order valence-corrected chi connectivity index (χ4v) is 2.66. The maximum Gasteiger partial charge on any atom is 0.315 e. The van der Waals surface area contributed by atoms with Crippen molar-refractivity contribution >= 4 is 11.9 Å². The van der Waals surface area contributed by atoms with Gasteiger partial charge in [-0.3, -0.25) is 14.5 Å². The SMILES string of the molecule is CCOC(=O)CC(=O)N1CCC(N2CCOCC2)C1. The second-order valence-corrected chi connectivity index (χ2v) is 4.91. The summed E-state index contributed by atoms with van der Waals surface area (Å²) in [6.07, 6.45) is 0.845. The van der Waals surface area contributed by atoms with Gasteiger partial charge >= 0.3 is 5.97 Å². The van der Waals surface area contributed by atoms with Crippen molar-refractivity contribution in [1.29, 1.82) is 0 Å². The molecule has 19 heavy (non-hydrogen) atoms. The van der Waals surface area contributed by atoms with Crippen LogP contribution in [0.15, 0.2) is 0 Å². The van der Waals surface area contributed by atoms with E-state index in [1.54, 1.807) is 11.8 Å². The van der Waals surface area contributed by atoms with Crippen LogP contribution < -0.4 is 0 Å². The van der Waals surface area contributed by atoms with Crippen LogP contribution in [-0.2, 0) is 19.1 Å². The van der Waals surface area contributed by atoms with Gasteiger partial charge in [-0.25, -0.2) is 0 Å². The summed E-state index contributed by atoms with van der Waals surface area (Å²) in [7, 11) is 0. The van der Waals surface area contributed by atoms with Gasteiger partial charge in [0.2, 0.25) is 5.91 Å². The van der Waals surface area contributed by atoms with E-state index in [1.165, 1.54) is 0 Å². The Balaban J connectivity index is 1.77. The Labute approximate surface area is 113 Å². The van der Waals surface area contributed by atoms with Crippen molar-refractivity contribution in [3.05, 3.63) is 0 Å². The highest BCUT2D eigenvalue weighted by Gasteiger charge is 2.31. The van der Waals surface area contributed by atoms with Crippen molar-refractivity contribution in [3.8, 4) is 0 Å². The maximum atomic E-state index is 11.9. The van der Waals surface area contributed by atoms with Crippen molar-refractivity contribution in [1.82, 2.24) is 9.80 Å². The molecule has 0 spiro atoms. The molecule has 2 saturated heterocycles. The third-order valence-electron chi connectivity index (χ3n) is 3.68. The minimum absolute atomic E-state index is 0.116. The Morgan fingerprint density at radius 3 is 2.68 bits per heavy atom. The lowest BCUT2D eigenvalue weighted by molar-refractivity contribution is -0.148. The Kier molecular flexibility index (Phi) is 5.15. The number of amides is 1. The molecule has 0 aromatic carbocycles. The molecular weight excluding hydrogens is 248 g/mol. The molecule has 108 valence electrons. The lowest BCUT2D eigenvalue weighted by Gasteiger charge is -2.32. The van der Waals surface area contributed by atoms with Crippen molar-refractivity contribution in [2.75, 3.05) is 46.0 Å². The Morgan fingerprint density at radius 2 is 2.00 bits per heavy atom. The van der Waals surface area contributed by atoms with Crippen LogP contribution in [0.1, 0.15) is 19.8 Å². The van der Waals surface area contributed by atoms with Crippen LogP contribution in [0.2, 0.25) is 0 Å². The number of likely N-dealkylation sites (tertiary alicyclic amines) is 1. The Morgan fingerprint density at radius 1 is 1.26 bits per heavy atom. The summed E-state index contributed by atoms with van der Waals surface area (Å²) in [5.74, 6) is -0.545. The van der Waals surface area contributed by atoms with Gasteiger partial charge in [-0.2, -0.15) is 0 Å². The summed E-state index contributed by atoms with van der Waals surface area (Å²) in [6, 6.07) is 0.412. The second-order valence-electron chi connectivity index (χ2n) is 4.91. The first kappa shape index (κ1) is 14.3. The topological polar surface area (TPSA) is 59.1 Å². The lowest BCUT2D eigenvalue weighted by Crippen LogP contribution is -2.45. The molecule has 0 bridgehead atoms. The number of rotatable bonds is 4. The summed E-state index contributed by atoms with van der Waals surface area (Å²) in [4.78, 5) is 27.4. The van der Waals surface area contributed by atoms with E-state index >= 15 is 0 Å². The fourth-order valence-electron chi connectivity index (χ4n) is 2.66. The third kappa shape index (κ3) is 3.91. The molecule has 0 aromatic heterocycles. The van der Waals surface area contributed by atoms with Gasteiger partial charge in [0.05, 0.1) is 19.8 Å². The lowest BCUT2D eigenvalue weighted by atomic mass is 10.2. The molecular formula is C13H22N2O4. The van der Waals surface area contributed by atoms with Gasteiger partial charge in [-0.15, -0.1) is 0 Å². The average Bonchev–Trinajstić information content (AvgIpc) is 2.89. The zero-order chi connectivity index (χ0) is 13.7. The van der Waals surface area contributed by atoms with E-state index in [9.17, 15) is 9.59 Å². The van der Waals surface area contributed by atoms with Gasteiger partial charge in [0.25, 0.3) is 0 Å². The molecule has 6 nitrogen and oxygen atoms in total. The van der Waals surface area contributed by atoms with Crippen molar-refractivity contribution in [3.63, 3.8) is 0 Å². The summed E-state index contributed by atoms with van der Waals surface area (Å²) in [6.45, 7) is 6.93. The molecule has 0 radical (unpaired) electrons. The van der Waals surface area contributed by atoms with Gasteiger partial charge in [0.15, 0.2) is 0 Å². The molecule has 1 unspecified atom stereocenters. The van der Waals surface area contributed by atoms with Crippen LogP contribution in [0.25, 0.3) is 0 Å². The molecule has 2 aliphatic heterocycles. The molecule has 2 fully saturated rings. The fraction of sp³-hybridized carbons (Fsp3) is 0.846. The van der Waals surface area contributed by atoms with Crippen LogP contribution in [0, 0.1) is 0 Å². The zero-order valence-corrected chi connectivity index (χ0v) is 11.5. The number of morpholine rings is 1. The highest BCUT2D eigenvalue weighted by Crippen LogP contribution is 2.17. The number of carbonyl (C=O) groups excluding carboxylic acids is 2. The number of esters is 1. The quantitative estimate of drug-likeness (QED) is 0.526. The largest absolute Gasteiger partial charge is 0.466 e. The smallest absolute Gasteiger partial charge is 0.315 e. The standard InChI is InChI=1S/C13H22N2O4/c1-2-19-13(17)9-12(16)15-4-3-11(10-15)14-5-7-18-8-6-14/h11H,2-10H2,1H3. The zero-order valence-electron chi connectivity index (χ0n) is 11.5. The molecule has 2 rings (SSSR count). The molecule has 6 heteroatoms. The first-order valence-electron chi connectivity index (χ1n) is 6.96. The third-order valence-corrected chi connectivity index (χ3v) is 3.68. The van der Waals surface area contributed by atoms with Crippen molar-refractivity contribution in [2.45, 2.75) is 25.8 Å². The van der Waals surface area contributed by atoms with Crippen LogP contribution in [0.5, 0.6) is 0 Å². The summed E-state index contributed by atoms with van der Waals surface area (Å²) >= 11 is 0. The van der Waals surface area contributed by atoms with E-state index in [2.05, 4.69) is 4.90 Å². The van der Waals surface area contributed by atoms with E-state index < -0.39 is 5.97 Å². The van der Waals surface area contributed by atoms with E-state index in [0.29, 0.717) is 12.6 Å². The van der Waals surface area contributed by atoms with Gasteiger partial charge in [-0.1, -0.05) is 0 Å². The van der Waals surface area contributed by atoms with E-state index in [4.69, 9.17) is 9.47 Å². The number of carbonyl (C=O) groups is 2. The van der Waals surface area contributed by atoms with Gasteiger partial charge in [0.1, 0.15) is 6.42 Å². The van der Waals surface area contributed by atoms with Gasteiger partial charge < -0.3 is 14.4 Å². The molecule has 1 atom stereocenters. The maximum absolute atomic E-state index is 11.9. The molecule has 0 saturated carbocycles. The van der Waals surface area contributed by atoms with Crippen molar-refractivity contribution in [2.24, 2.45) is 0 Å². The minimum atomic E-state index is -0.428. The molecule has 0 aliphatic carbocycles. The van der Waals surface area contributed by atoms with Crippen LogP contribution in [0.4, 0.5) is 0 Å². The Bertz CT molecular complexity index is 329. The second kappa shape index (κ2) is 6.86. The molecule has 2 aliphatic rings. The predicted molar refractivity (Wildman–Crippen MR) is 68.6 cm³/mol. The number of nitrogens with zero attached hydrogens (tertiary/aromatic N) is 2. The first-order valence-corrected chi connectivity index (χ1v) is 6.96. The Hall–Kier alpha value is -1.14. The van der Waals surface area contributed by atoms with E-state index in [-0.39, 0.29) is 12.3 Å². The van der Waals surface area contributed by atoms with Crippen molar-refractivity contribution < 1.29 is 19.1 Å². The number of hydrogen-bond acceptors (Lipinski definition) is 5. The normalized spacial score (nSPS) is 24.5. The first-order chi connectivity index (χ1) is 9.20. The van der Waals surface area contributed by atoms with E-state index in [1.807, 2.05) is 0 Å². The highest BCUT2D eigenvalue weighted by atomic mass is 16.5. The van der Waals surface area contributed by atoms with E-state index in [0.717, 1.165) is 45.8 Å². The minimum Gasteiger partial charge on any atom is -0.466 e. The summed E-state index contributed by atoms with van der Waals surface area (Å²) in [5, 5.41) is 0. The van der Waals surface area contributed by atoms with Gasteiger partial charge in [0, 0.05) is 32.2 Å². The molecule has 0 aromatic rings. The average molecular weight is 270 g/mol. The molecule has 2 heterocycles. The van der Waals surface area contributed by atoms with Crippen LogP contribution >= 0.6 is 0 Å². The van der Waals surface area contributed by atoms with Crippen LogP contribution in [-0.4, -0.2) is 73.7 Å². The molecule has 1 amide bonds. The number of ether oxygens (including phenoxy) is 2. The number of hydrogen-bond donors (Lipinski definition) is 0. The predicted octanol–water partition coefficient (Wildman–Crippen LogP) is -0.127.